The van der Waals surface area contributed by atoms with Crippen LogP contribution in [-0.4, -0.2) is 15.1 Å². The second-order valence-electron chi connectivity index (χ2n) is 4.27. The molecule has 0 radical (unpaired) electrons. The maximum absolute atomic E-state index is 4.99. The van der Waals surface area contributed by atoms with Crippen molar-refractivity contribution in [3.05, 3.63) is 35.6 Å². The van der Waals surface area contributed by atoms with E-state index in [1.165, 1.54) is 0 Å². The lowest BCUT2D eigenvalue weighted by Crippen LogP contribution is -2.03. The van der Waals surface area contributed by atoms with Gasteiger partial charge in [-0.25, -0.2) is 9.97 Å². The van der Waals surface area contributed by atoms with Crippen LogP contribution in [0, 0.1) is 6.92 Å². The number of nitrogens with one attached hydrogen (secondary N) is 1. The van der Waals surface area contributed by atoms with Crippen LogP contribution in [0.25, 0.3) is 0 Å². The largest absolute Gasteiger partial charge is 0.364 e. The van der Waals surface area contributed by atoms with Gasteiger partial charge in [0.25, 0.3) is 0 Å². The van der Waals surface area contributed by atoms with Crippen LogP contribution in [0.15, 0.2) is 23.0 Å². The summed E-state index contributed by atoms with van der Waals surface area (Å²) in [6.45, 7) is 6.68. The van der Waals surface area contributed by atoms with Crippen molar-refractivity contribution in [2.24, 2.45) is 0 Å². The Morgan fingerprint density at radius 1 is 1.29 bits per heavy atom. The summed E-state index contributed by atoms with van der Waals surface area (Å²) in [5.74, 6) is 2.02. The monoisotopic (exact) mass is 232 g/mol. The van der Waals surface area contributed by atoms with Gasteiger partial charge in [0.1, 0.15) is 23.6 Å². The summed E-state index contributed by atoms with van der Waals surface area (Å²) in [7, 11) is 0. The van der Waals surface area contributed by atoms with Crippen molar-refractivity contribution in [3.63, 3.8) is 0 Å². The smallest absolute Gasteiger partial charge is 0.133 e. The molecule has 0 spiro atoms. The maximum Gasteiger partial charge on any atom is 0.133 e. The molecule has 2 aromatic rings. The van der Waals surface area contributed by atoms with Crippen molar-refractivity contribution in [1.82, 2.24) is 15.1 Å². The summed E-state index contributed by atoms with van der Waals surface area (Å²) in [6.07, 6.45) is 1.58. The predicted octanol–water partition coefficient (Wildman–Crippen LogP) is 2.51. The first-order valence-corrected chi connectivity index (χ1v) is 5.63. The number of rotatable bonds is 4. The molecule has 0 fully saturated rings. The SMILES string of the molecule is Cc1cc(CNc2cc(C(C)C)ncn2)no1. The van der Waals surface area contributed by atoms with E-state index in [1.807, 2.05) is 19.1 Å². The van der Waals surface area contributed by atoms with Crippen LogP contribution in [0.2, 0.25) is 0 Å². The topological polar surface area (TPSA) is 63.8 Å². The third kappa shape index (κ3) is 3.03. The molecule has 0 bridgehead atoms. The summed E-state index contributed by atoms with van der Waals surface area (Å²) < 4.78 is 4.99. The van der Waals surface area contributed by atoms with Gasteiger partial charge >= 0.3 is 0 Å². The molecule has 0 aliphatic carbocycles. The Bertz CT molecular complexity index is 493. The molecule has 0 unspecified atom stereocenters. The molecule has 2 heterocycles. The number of nitrogens with zero attached hydrogens (tertiary/aromatic N) is 3. The maximum atomic E-state index is 4.99. The van der Waals surface area contributed by atoms with Gasteiger partial charge in [-0.3, -0.25) is 0 Å². The van der Waals surface area contributed by atoms with E-state index in [0.717, 1.165) is 23.0 Å². The lowest BCUT2D eigenvalue weighted by molar-refractivity contribution is 0.391. The molecule has 2 rings (SSSR count). The standard InChI is InChI=1S/C12H16N4O/c1-8(2)11-5-12(15-7-14-11)13-6-10-4-9(3)17-16-10/h4-5,7-8H,6H2,1-3H3,(H,13,14,15). The van der Waals surface area contributed by atoms with Crippen molar-refractivity contribution in [1.29, 1.82) is 0 Å². The molecule has 17 heavy (non-hydrogen) atoms. The molecular formula is C12H16N4O. The second-order valence-corrected chi connectivity index (χ2v) is 4.27. The fourth-order valence-electron chi connectivity index (χ4n) is 1.47. The van der Waals surface area contributed by atoms with E-state index in [0.29, 0.717) is 12.5 Å². The van der Waals surface area contributed by atoms with Crippen molar-refractivity contribution in [2.75, 3.05) is 5.32 Å². The highest BCUT2D eigenvalue weighted by molar-refractivity contribution is 5.36. The molecule has 2 aromatic heterocycles. The zero-order chi connectivity index (χ0) is 12.3. The quantitative estimate of drug-likeness (QED) is 0.877. The average Bonchev–Trinajstić information content (AvgIpc) is 2.73. The van der Waals surface area contributed by atoms with Gasteiger partial charge in [-0.15, -0.1) is 0 Å². The summed E-state index contributed by atoms with van der Waals surface area (Å²) >= 11 is 0. The third-order valence-electron chi connectivity index (χ3n) is 2.41. The molecule has 5 nitrogen and oxygen atoms in total. The average molecular weight is 232 g/mol. The lowest BCUT2D eigenvalue weighted by Gasteiger charge is -2.07. The molecule has 0 aliphatic rings. The number of hydrogen-bond acceptors (Lipinski definition) is 5. The van der Waals surface area contributed by atoms with Crippen LogP contribution in [0.5, 0.6) is 0 Å². The van der Waals surface area contributed by atoms with Gasteiger partial charge in [0.15, 0.2) is 0 Å². The van der Waals surface area contributed by atoms with E-state index >= 15 is 0 Å². The highest BCUT2D eigenvalue weighted by atomic mass is 16.5. The van der Waals surface area contributed by atoms with Crippen LogP contribution >= 0.6 is 0 Å². The van der Waals surface area contributed by atoms with Gasteiger partial charge in [-0.05, 0) is 12.8 Å². The Morgan fingerprint density at radius 2 is 2.12 bits per heavy atom. The van der Waals surface area contributed by atoms with Crippen LogP contribution in [-0.2, 0) is 6.54 Å². The molecule has 0 atom stereocenters. The summed E-state index contributed by atoms with van der Waals surface area (Å²) in [5.41, 5.74) is 1.89. The van der Waals surface area contributed by atoms with Crippen LogP contribution < -0.4 is 5.32 Å². The van der Waals surface area contributed by atoms with Crippen molar-refractivity contribution in [3.8, 4) is 0 Å². The Kier molecular flexibility index (Phi) is 3.37. The second kappa shape index (κ2) is 4.95. The minimum atomic E-state index is 0.396. The van der Waals surface area contributed by atoms with Gasteiger partial charge in [-0.1, -0.05) is 19.0 Å². The molecule has 0 saturated carbocycles. The molecule has 5 heteroatoms. The van der Waals surface area contributed by atoms with Gasteiger partial charge < -0.3 is 9.84 Å². The van der Waals surface area contributed by atoms with Crippen molar-refractivity contribution < 1.29 is 4.52 Å². The van der Waals surface area contributed by atoms with Crippen molar-refractivity contribution >= 4 is 5.82 Å². The highest BCUT2D eigenvalue weighted by Crippen LogP contribution is 2.14. The third-order valence-corrected chi connectivity index (χ3v) is 2.41. The van der Waals surface area contributed by atoms with Gasteiger partial charge in [0.05, 0.1) is 6.54 Å². The Labute approximate surface area is 100 Å². The molecule has 90 valence electrons. The zero-order valence-corrected chi connectivity index (χ0v) is 10.3. The van der Waals surface area contributed by atoms with E-state index in [9.17, 15) is 0 Å². The number of aryl methyl sites for hydroxylation is 1. The Hall–Kier alpha value is -1.91. The molecule has 0 saturated heterocycles. The first kappa shape index (κ1) is 11.6. The van der Waals surface area contributed by atoms with E-state index < -0.39 is 0 Å². The molecular weight excluding hydrogens is 216 g/mol. The van der Waals surface area contributed by atoms with E-state index in [4.69, 9.17) is 4.52 Å². The Balaban J connectivity index is 2.01. The molecule has 0 aliphatic heterocycles. The molecule has 1 N–H and O–H groups in total. The predicted molar refractivity (Wildman–Crippen MR) is 64.7 cm³/mol. The lowest BCUT2D eigenvalue weighted by atomic mass is 10.1. The fraction of sp³-hybridized carbons (Fsp3) is 0.417. The van der Waals surface area contributed by atoms with E-state index in [1.54, 1.807) is 6.33 Å². The van der Waals surface area contributed by atoms with E-state index in [-0.39, 0.29) is 0 Å². The minimum Gasteiger partial charge on any atom is -0.364 e. The fourth-order valence-corrected chi connectivity index (χ4v) is 1.47. The summed E-state index contributed by atoms with van der Waals surface area (Å²) in [5, 5.41) is 7.10. The first-order valence-electron chi connectivity index (χ1n) is 5.63. The normalized spacial score (nSPS) is 10.8. The molecule has 0 aromatic carbocycles. The zero-order valence-electron chi connectivity index (χ0n) is 10.3. The van der Waals surface area contributed by atoms with Crippen LogP contribution in [0.1, 0.15) is 36.9 Å². The number of anilines is 1. The van der Waals surface area contributed by atoms with Crippen LogP contribution in [0.4, 0.5) is 5.82 Å². The highest BCUT2D eigenvalue weighted by Gasteiger charge is 2.04. The van der Waals surface area contributed by atoms with Gasteiger partial charge in [-0.2, -0.15) is 0 Å². The molecule has 0 amide bonds. The first-order chi connectivity index (χ1) is 8.15. The summed E-state index contributed by atoms with van der Waals surface area (Å²) in [4.78, 5) is 8.38. The Morgan fingerprint density at radius 3 is 2.76 bits per heavy atom. The van der Waals surface area contributed by atoms with E-state index in [2.05, 4.69) is 34.3 Å². The van der Waals surface area contributed by atoms with Crippen molar-refractivity contribution in [2.45, 2.75) is 33.2 Å². The van der Waals surface area contributed by atoms with Crippen LogP contribution in [0.3, 0.4) is 0 Å². The number of hydrogen-bond donors (Lipinski definition) is 1. The summed E-state index contributed by atoms with van der Waals surface area (Å²) in [6, 6.07) is 3.86. The van der Waals surface area contributed by atoms with Gasteiger partial charge in [0.2, 0.25) is 0 Å². The number of aromatic nitrogens is 3. The van der Waals surface area contributed by atoms with Gasteiger partial charge in [0, 0.05) is 17.8 Å². The minimum absolute atomic E-state index is 0.396.